The molecule has 2 aromatic rings. The molecule has 0 aliphatic rings. The number of carbonyl (C=O) groups excluding carboxylic acids is 2. The summed E-state index contributed by atoms with van der Waals surface area (Å²) in [7, 11) is 1.28. The molecular formula is C15H16N2O4. The second kappa shape index (κ2) is 6.21. The third-order valence-corrected chi connectivity index (χ3v) is 2.87. The van der Waals surface area contributed by atoms with Crippen molar-refractivity contribution in [2.75, 3.05) is 13.7 Å². The lowest BCUT2D eigenvalue weighted by Gasteiger charge is -2.06. The zero-order valence-electron chi connectivity index (χ0n) is 12.1. The van der Waals surface area contributed by atoms with Crippen molar-refractivity contribution in [1.82, 2.24) is 9.78 Å². The maximum Gasteiger partial charge on any atom is 0.358 e. The molecule has 6 nitrogen and oxygen atoms in total. The highest BCUT2D eigenvalue weighted by molar-refractivity contribution is 5.93. The number of esters is 2. The zero-order valence-corrected chi connectivity index (χ0v) is 12.1. The number of carbonyl (C=O) groups is 2. The largest absolute Gasteiger partial charge is 0.464 e. The SMILES string of the molecule is CCOC(=O)c1cc(C(=O)OC)n(-c2ccc(C)cc2)n1. The van der Waals surface area contributed by atoms with Crippen molar-refractivity contribution < 1.29 is 19.1 Å². The summed E-state index contributed by atoms with van der Waals surface area (Å²) in [5.74, 6) is -1.15. The van der Waals surface area contributed by atoms with Gasteiger partial charge in [-0.05, 0) is 26.0 Å². The molecule has 0 fully saturated rings. The van der Waals surface area contributed by atoms with Crippen molar-refractivity contribution >= 4 is 11.9 Å². The van der Waals surface area contributed by atoms with E-state index in [0.29, 0.717) is 5.69 Å². The number of methoxy groups -OCH3 is 1. The number of nitrogens with zero attached hydrogens (tertiary/aromatic N) is 2. The van der Waals surface area contributed by atoms with Gasteiger partial charge in [-0.3, -0.25) is 0 Å². The molecule has 1 aromatic carbocycles. The Hall–Kier alpha value is -2.63. The summed E-state index contributed by atoms with van der Waals surface area (Å²) in [5, 5.41) is 4.14. The number of hydrogen-bond donors (Lipinski definition) is 0. The van der Waals surface area contributed by atoms with Gasteiger partial charge in [0.05, 0.1) is 19.4 Å². The highest BCUT2D eigenvalue weighted by Crippen LogP contribution is 2.15. The Morgan fingerprint density at radius 3 is 2.43 bits per heavy atom. The number of aromatic nitrogens is 2. The lowest BCUT2D eigenvalue weighted by atomic mass is 10.2. The predicted molar refractivity (Wildman–Crippen MR) is 75.6 cm³/mol. The van der Waals surface area contributed by atoms with Gasteiger partial charge in [-0.1, -0.05) is 17.7 Å². The van der Waals surface area contributed by atoms with E-state index in [9.17, 15) is 9.59 Å². The topological polar surface area (TPSA) is 70.4 Å². The maximum absolute atomic E-state index is 11.8. The number of benzene rings is 1. The lowest BCUT2D eigenvalue weighted by molar-refractivity contribution is 0.0518. The minimum Gasteiger partial charge on any atom is -0.464 e. The first-order valence-electron chi connectivity index (χ1n) is 6.49. The number of rotatable bonds is 4. The van der Waals surface area contributed by atoms with Crippen LogP contribution in [-0.4, -0.2) is 35.4 Å². The van der Waals surface area contributed by atoms with Gasteiger partial charge in [0.25, 0.3) is 0 Å². The van der Waals surface area contributed by atoms with E-state index < -0.39 is 11.9 Å². The Balaban J connectivity index is 2.49. The van der Waals surface area contributed by atoms with Crippen LogP contribution in [-0.2, 0) is 9.47 Å². The second-order valence-electron chi connectivity index (χ2n) is 4.37. The fourth-order valence-electron chi connectivity index (χ4n) is 1.82. The molecule has 21 heavy (non-hydrogen) atoms. The summed E-state index contributed by atoms with van der Waals surface area (Å²) in [6.45, 7) is 3.90. The summed E-state index contributed by atoms with van der Waals surface area (Å²) in [5.41, 5.74) is 1.98. The molecule has 0 N–H and O–H groups in total. The quantitative estimate of drug-likeness (QED) is 0.806. The van der Waals surface area contributed by atoms with Crippen LogP contribution in [0.2, 0.25) is 0 Å². The van der Waals surface area contributed by atoms with Gasteiger partial charge in [0.15, 0.2) is 11.4 Å². The fourth-order valence-corrected chi connectivity index (χ4v) is 1.82. The van der Waals surface area contributed by atoms with Gasteiger partial charge < -0.3 is 9.47 Å². The highest BCUT2D eigenvalue weighted by atomic mass is 16.5. The highest BCUT2D eigenvalue weighted by Gasteiger charge is 2.21. The minimum absolute atomic E-state index is 0.0674. The predicted octanol–water partition coefficient (Wildman–Crippen LogP) is 2.14. The molecule has 6 heteroatoms. The summed E-state index contributed by atoms with van der Waals surface area (Å²) in [6, 6.07) is 8.77. The number of aryl methyl sites for hydroxylation is 1. The van der Waals surface area contributed by atoms with E-state index in [4.69, 9.17) is 9.47 Å². The van der Waals surface area contributed by atoms with Gasteiger partial charge in [-0.15, -0.1) is 0 Å². The van der Waals surface area contributed by atoms with Crippen molar-refractivity contribution in [2.24, 2.45) is 0 Å². The van der Waals surface area contributed by atoms with Gasteiger partial charge in [0.2, 0.25) is 0 Å². The van der Waals surface area contributed by atoms with Crippen molar-refractivity contribution in [3.8, 4) is 5.69 Å². The minimum atomic E-state index is -0.575. The Bertz CT molecular complexity index is 659. The number of ether oxygens (including phenoxy) is 2. The van der Waals surface area contributed by atoms with E-state index in [2.05, 4.69) is 5.10 Å². The van der Waals surface area contributed by atoms with Crippen LogP contribution >= 0.6 is 0 Å². The van der Waals surface area contributed by atoms with Crippen LogP contribution < -0.4 is 0 Å². The van der Waals surface area contributed by atoms with Crippen LogP contribution in [0.15, 0.2) is 30.3 Å². The molecule has 0 amide bonds. The van der Waals surface area contributed by atoms with E-state index in [1.807, 2.05) is 31.2 Å². The van der Waals surface area contributed by atoms with Crippen molar-refractivity contribution in [3.05, 3.63) is 47.3 Å². The molecule has 0 saturated carbocycles. The van der Waals surface area contributed by atoms with Gasteiger partial charge in [0.1, 0.15) is 0 Å². The molecule has 0 aliphatic heterocycles. The summed E-state index contributed by atoms with van der Waals surface area (Å²) >= 11 is 0. The molecule has 1 heterocycles. The van der Waals surface area contributed by atoms with Crippen molar-refractivity contribution in [3.63, 3.8) is 0 Å². The van der Waals surface area contributed by atoms with Crippen LogP contribution in [0.4, 0.5) is 0 Å². The summed E-state index contributed by atoms with van der Waals surface area (Å²) in [6.07, 6.45) is 0. The fraction of sp³-hybridized carbons (Fsp3) is 0.267. The smallest absolute Gasteiger partial charge is 0.358 e. The average molecular weight is 288 g/mol. The van der Waals surface area contributed by atoms with E-state index >= 15 is 0 Å². The maximum atomic E-state index is 11.8. The normalized spacial score (nSPS) is 10.2. The number of hydrogen-bond acceptors (Lipinski definition) is 5. The van der Waals surface area contributed by atoms with Crippen LogP contribution in [0.5, 0.6) is 0 Å². The van der Waals surface area contributed by atoms with E-state index in [-0.39, 0.29) is 18.0 Å². The molecule has 0 bridgehead atoms. The summed E-state index contributed by atoms with van der Waals surface area (Å²) in [4.78, 5) is 23.6. The molecule has 0 unspecified atom stereocenters. The van der Waals surface area contributed by atoms with E-state index in [1.54, 1.807) is 6.92 Å². The molecule has 2 rings (SSSR count). The molecule has 0 radical (unpaired) electrons. The van der Waals surface area contributed by atoms with Gasteiger partial charge in [-0.2, -0.15) is 5.10 Å². The first kappa shape index (κ1) is 14.8. The Kier molecular flexibility index (Phi) is 4.37. The Labute approximate surface area is 122 Å². The first-order valence-corrected chi connectivity index (χ1v) is 6.49. The van der Waals surface area contributed by atoms with E-state index in [1.165, 1.54) is 17.9 Å². The summed E-state index contributed by atoms with van der Waals surface area (Å²) < 4.78 is 11.0. The third kappa shape index (κ3) is 3.10. The molecule has 110 valence electrons. The standard InChI is InChI=1S/C15H16N2O4/c1-4-21-14(18)12-9-13(15(19)20-3)17(16-12)11-7-5-10(2)6-8-11/h5-9H,4H2,1-3H3. The van der Waals surface area contributed by atoms with Crippen molar-refractivity contribution in [2.45, 2.75) is 13.8 Å². The zero-order chi connectivity index (χ0) is 15.4. The first-order chi connectivity index (χ1) is 10.1. The second-order valence-corrected chi connectivity index (χ2v) is 4.37. The molecule has 0 atom stereocenters. The molecule has 0 aliphatic carbocycles. The van der Waals surface area contributed by atoms with Gasteiger partial charge in [-0.25, -0.2) is 14.3 Å². The molecule has 1 aromatic heterocycles. The lowest BCUT2D eigenvalue weighted by Crippen LogP contribution is -2.10. The van der Waals surface area contributed by atoms with E-state index in [0.717, 1.165) is 5.56 Å². The molecule has 0 saturated heterocycles. The van der Waals surface area contributed by atoms with Crippen LogP contribution in [0.1, 0.15) is 33.5 Å². The average Bonchev–Trinajstić information content (AvgIpc) is 2.92. The van der Waals surface area contributed by atoms with Crippen LogP contribution in [0.3, 0.4) is 0 Å². The Morgan fingerprint density at radius 1 is 1.19 bits per heavy atom. The van der Waals surface area contributed by atoms with Gasteiger partial charge in [0, 0.05) is 6.07 Å². The monoisotopic (exact) mass is 288 g/mol. The van der Waals surface area contributed by atoms with Gasteiger partial charge >= 0.3 is 11.9 Å². The molecular weight excluding hydrogens is 272 g/mol. The third-order valence-electron chi connectivity index (χ3n) is 2.87. The van der Waals surface area contributed by atoms with Crippen LogP contribution in [0, 0.1) is 6.92 Å². The van der Waals surface area contributed by atoms with Crippen LogP contribution in [0.25, 0.3) is 5.69 Å². The van der Waals surface area contributed by atoms with Crippen molar-refractivity contribution in [1.29, 1.82) is 0 Å². The molecule has 0 spiro atoms. The Morgan fingerprint density at radius 2 is 1.86 bits per heavy atom.